The zero-order valence-electron chi connectivity index (χ0n) is 19.1. The zero-order valence-corrected chi connectivity index (χ0v) is 19.1. The van der Waals surface area contributed by atoms with E-state index in [9.17, 15) is 0 Å². The highest BCUT2D eigenvalue weighted by molar-refractivity contribution is 6.18. The fourth-order valence-electron chi connectivity index (χ4n) is 4.76. The van der Waals surface area contributed by atoms with Crippen molar-refractivity contribution < 1.29 is 4.42 Å². The molecule has 0 unspecified atom stereocenters. The van der Waals surface area contributed by atoms with E-state index in [1.807, 2.05) is 12.1 Å². The molecule has 2 heterocycles. The van der Waals surface area contributed by atoms with Crippen molar-refractivity contribution in [2.24, 2.45) is 9.98 Å². The van der Waals surface area contributed by atoms with Crippen LogP contribution in [-0.2, 0) is 6.67 Å². The van der Waals surface area contributed by atoms with Gasteiger partial charge in [-0.2, -0.15) is 0 Å². The lowest BCUT2D eigenvalue weighted by molar-refractivity contribution is 0.567. The molecule has 168 valence electrons. The van der Waals surface area contributed by atoms with Crippen molar-refractivity contribution in [3.05, 3.63) is 127 Å². The van der Waals surface area contributed by atoms with Crippen molar-refractivity contribution in [3.63, 3.8) is 0 Å². The van der Waals surface area contributed by atoms with Gasteiger partial charge in [0, 0.05) is 16.3 Å². The maximum atomic E-state index is 5.54. The van der Waals surface area contributed by atoms with Crippen LogP contribution in [0.4, 0.5) is 5.69 Å². The second kappa shape index (κ2) is 8.92. The van der Waals surface area contributed by atoms with Crippen LogP contribution in [0, 0.1) is 0 Å². The molecule has 0 bridgehead atoms. The summed E-state index contributed by atoms with van der Waals surface area (Å²) in [4.78, 5) is 9.40. The first-order valence-electron chi connectivity index (χ1n) is 11.5. The maximum Gasteiger partial charge on any atom is 0.117 e. The van der Waals surface area contributed by atoms with E-state index in [0.717, 1.165) is 39.0 Å². The minimum absolute atomic E-state index is 0.453. The molecule has 0 saturated carbocycles. The van der Waals surface area contributed by atoms with Crippen LogP contribution in [0.3, 0.4) is 0 Å². The van der Waals surface area contributed by atoms with E-state index in [2.05, 4.69) is 107 Å². The summed E-state index contributed by atoms with van der Waals surface area (Å²) in [5.74, 6) is 0. The van der Waals surface area contributed by atoms with Crippen molar-refractivity contribution in [3.8, 4) is 11.1 Å². The topological polar surface area (TPSA) is 42.8 Å². The van der Waals surface area contributed by atoms with E-state index in [-0.39, 0.29) is 0 Å². The Kier molecular flexibility index (Phi) is 5.32. The molecule has 35 heavy (non-hydrogen) atoms. The largest absolute Gasteiger partial charge is 0.470 e. The Labute approximate surface area is 203 Å². The smallest absolute Gasteiger partial charge is 0.117 e. The van der Waals surface area contributed by atoms with Crippen LogP contribution in [0.5, 0.6) is 0 Å². The van der Waals surface area contributed by atoms with E-state index in [1.165, 1.54) is 10.8 Å². The molecule has 0 atom stereocenters. The fourth-order valence-corrected chi connectivity index (χ4v) is 4.76. The Morgan fingerprint density at radius 1 is 0.686 bits per heavy atom. The SMILES string of the molecule is C=Nc1cocc1/C(=N\Cn1c2ccccc2c2ccccc21)c1ccccc1-c1ccccc1. The Morgan fingerprint density at radius 3 is 2.03 bits per heavy atom. The van der Waals surface area contributed by atoms with Crippen LogP contribution < -0.4 is 0 Å². The number of nitrogens with zero attached hydrogens (tertiary/aromatic N) is 3. The summed E-state index contributed by atoms with van der Waals surface area (Å²) in [5, 5.41) is 2.45. The Balaban J connectivity index is 1.57. The van der Waals surface area contributed by atoms with Crippen LogP contribution in [0.1, 0.15) is 11.1 Å². The summed E-state index contributed by atoms with van der Waals surface area (Å²) < 4.78 is 7.80. The number of hydrogen-bond acceptors (Lipinski definition) is 3. The third kappa shape index (κ3) is 3.65. The third-order valence-corrected chi connectivity index (χ3v) is 6.38. The van der Waals surface area contributed by atoms with Crippen LogP contribution in [0.2, 0.25) is 0 Å². The summed E-state index contributed by atoms with van der Waals surface area (Å²) in [5.41, 5.74) is 7.88. The van der Waals surface area contributed by atoms with Crippen molar-refractivity contribution in [1.82, 2.24) is 4.57 Å². The molecule has 0 aliphatic rings. The molecule has 0 amide bonds. The average Bonchev–Trinajstić information content (AvgIpc) is 3.53. The number of fused-ring (bicyclic) bond motifs is 3. The number of hydrogen-bond donors (Lipinski definition) is 0. The first-order valence-corrected chi connectivity index (χ1v) is 11.5. The summed E-state index contributed by atoms with van der Waals surface area (Å²) in [7, 11) is 0. The van der Waals surface area contributed by atoms with Gasteiger partial charge in [0.25, 0.3) is 0 Å². The van der Waals surface area contributed by atoms with Crippen LogP contribution in [0.15, 0.2) is 130 Å². The maximum absolute atomic E-state index is 5.54. The van der Waals surface area contributed by atoms with Crippen molar-refractivity contribution >= 4 is 39.9 Å². The zero-order chi connectivity index (χ0) is 23.6. The standard InChI is InChI=1S/C31H23N3O/c1-32-28-20-35-19-27(28)31(26-16-6-5-13-23(26)22-11-3-2-4-12-22)33-21-34-29-17-9-7-14-24(29)25-15-8-10-18-30(25)34/h2-20H,1,21H2/b33-31-. The molecule has 0 N–H and O–H groups in total. The average molecular weight is 454 g/mol. The predicted octanol–water partition coefficient (Wildman–Crippen LogP) is 7.88. The molecule has 0 aliphatic carbocycles. The number of benzene rings is 4. The van der Waals surface area contributed by atoms with Crippen molar-refractivity contribution in [2.45, 2.75) is 6.67 Å². The number of aliphatic imine (C=N–C) groups is 2. The first-order chi connectivity index (χ1) is 17.3. The normalized spacial score (nSPS) is 11.8. The monoisotopic (exact) mass is 453 g/mol. The number of rotatable bonds is 6. The molecule has 6 aromatic rings. The first kappa shape index (κ1) is 20.9. The highest BCUT2D eigenvalue weighted by Crippen LogP contribution is 2.32. The van der Waals surface area contributed by atoms with E-state index in [1.54, 1.807) is 12.5 Å². The van der Waals surface area contributed by atoms with Gasteiger partial charge in [-0.1, -0.05) is 91.0 Å². The van der Waals surface area contributed by atoms with Crippen LogP contribution in [-0.4, -0.2) is 17.0 Å². The second-order valence-electron chi connectivity index (χ2n) is 8.35. The molecular formula is C31H23N3O. The lowest BCUT2D eigenvalue weighted by Crippen LogP contribution is -2.07. The van der Waals surface area contributed by atoms with Gasteiger partial charge in [-0.25, -0.2) is 0 Å². The Bertz CT molecular complexity index is 1640. The Morgan fingerprint density at radius 2 is 1.31 bits per heavy atom. The number of aromatic nitrogens is 1. The van der Waals surface area contributed by atoms with Crippen LogP contribution in [0.25, 0.3) is 32.9 Å². The Hall–Kier alpha value is -4.70. The quantitative estimate of drug-likeness (QED) is 0.237. The lowest BCUT2D eigenvalue weighted by Gasteiger charge is -2.13. The molecule has 0 saturated heterocycles. The van der Waals surface area contributed by atoms with Gasteiger partial charge in [0.05, 0.1) is 22.3 Å². The van der Waals surface area contributed by atoms with Gasteiger partial charge < -0.3 is 8.98 Å². The highest BCUT2D eigenvalue weighted by Gasteiger charge is 2.18. The molecule has 4 nitrogen and oxygen atoms in total. The summed E-state index contributed by atoms with van der Waals surface area (Å²) in [6, 6.07) is 35.6. The van der Waals surface area contributed by atoms with Gasteiger partial charge in [0.1, 0.15) is 24.9 Å². The van der Waals surface area contributed by atoms with E-state index in [4.69, 9.17) is 9.41 Å². The van der Waals surface area contributed by atoms with E-state index in [0.29, 0.717) is 12.4 Å². The van der Waals surface area contributed by atoms with Gasteiger partial charge >= 0.3 is 0 Å². The number of para-hydroxylation sites is 2. The van der Waals surface area contributed by atoms with Gasteiger partial charge in [-0.05, 0) is 30.0 Å². The van der Waals surface area contributed by atoms with Gasteiger partial charge in [-0.15, -0.1) is 0 Å². The molecule has 4 heteroatoms. The molecule has 0 radical (unpaired) electrons. The predicted molar refractivity (Wildman–Crippen MR) is 145 cm³/mol. The molecule has 6 rings (SSSR count). The lowest BCUT2D eigenvalue weighted by atomic mass is 9.94. The summed E-state index contributed by atoms with van der Waals surface area (Å²) in [6.45, 7) is 4.19. The van der Waals surface area contributed by atoms with Crippen molar-refractivity contribution in [2.75, 3.05) is 0 Å². The second-order valence-corrected chi connectivity index (χ2v) is 8.35. The van der Waals surface area contributed by atoms with Crippen molar-refractivity contribution in [1.29, 1.82) is 0 Å². The van der Waals surface area contributed by atoms with Gasteiger partial charge in [0.15, 0.2) is 0 Å². The highest BCUT2D eigenvalue weighted by atomic mass is 16.3. The molecule has 0 fully saturated rings. The summed E-state index contributed by atoms with van der Waals surface area (Å²) >= 11 is 0. The third-order valence-electron chi connectivity index (χ3n) is 6.38. The fraction of sp³-hybridized carbons (Fsp3) is 0.0323. The molecule has 0 aliphatic heterocycles. The minimum atomic E-state index is 0.453. The molecule has 2 aromatic heterocycles. The summed E-state index contributed by atoms with van der Waals surface area (Å²) in [6.07, 6.45) is 3.32. The minimum Gasteiger partial charge on any atom is -0.470 e. The van der Waals surface area contributed by atoms with E-state index >= 15 is 0 Å². The molecular weight excluding hydrogens is 430 g/mol. The van der Waals surface area contributed by atoms with Crippen LogP contribution >= 0.6 is 0 Å². The van der Waals surface area contributed by atoms with E-state index < -0.39 is 0 Å². The molecule has 0 spiro atoms. The van der Waals surface area contributed by atoms with Gasteiger partial charge in [-0.3, -0.25) is 9.98 Å². The van der Waals surface area contributed by atoms with Gasteiger partial charge in [0.2, 0.25) is 0 Å². The number of furan rings is 1. The molecule has 4 aromatic carbocycles.